The van der Waals surface area contributed by atoms with E-state index in [-0.39, 0.29) is 5.56 Å². The first-order chi connectivity index (χ1) is 8.68. The highest BCUT2D eigenvalue weighted by atomic mass is 19.2. The summed E-state index contributed by atoms with van der Waals surface area (Å²) in [6, 6.07) is 9.11. The molecule has 0 aliphatic heterocycles. The van der Waals surface area contributed by atoms with Crippen LogP contribution < -0.4 is 0 Å². The molecule has 1 aliphatic carbocycles. The van der Waals surface area contributed by atoms with Crippen LogP contribution in [0.1, 0.15) is 16.7 Å². The number of allylic oxidation sites excluding steroid dienone is 1. The molecule has 0 N–H and O–H groups in total. The van der Waals surface area contributed by atoms with Crippen molar-refractivity contribution in [1.29, 1.82) is 0 Å². The predicted molar refractivity (Wildman–Crippen MR) is 63.5 cm³/mol. The lowest BCUT2D eigenvalue weighted by molar-refractivity contribution is 0.491. The Morgan fingerprint density at radius 3 is 2.39 bits per heavy atom. The van der Waals surface area contributed by atoms with Crippen molar-refractivity contribution >= 4 is 5.57 Å². The second kappa shape index (κ2) is 4.02. The number of fused-ring (bicyclic) bond motifs is 1. The van der Waals surface area contributed by atoms with Crippen molar-refractivity contribution in [2.45, 2.75) is 6.42 Å². The molecular formula is C15H9F3. The maximum atomic E-state index is 13.8. The predicted octanol–water partition coefficient (Wildman–Crippen LogP) is 4.09. The van der Waals surface area contributed by atoms with Gasteiger partial charge in [-0.05, 0) is 35.3 Å². The van der Waals surface area contributed by atoms with E-state index in [9.17, 15) is 13.2 Å². The lowest BCUT2D eigenvalue weighted by Gasteiger charge is -2.09. The number of rotatable bonds is 1. The van der Waals surface area contributed by atoms with Crippen LogP contribution in [0.25, 0.3) is 5.57 Å². The quantitative estimate of drug-likeness (QED) is 0.665. The smallest absolute Gasteiger partial charge is 0.169 e. The van der Waals surface area contributed by atoms with Gasteiger partial charge < -0.3 is 0 Å². The monoisotopic (exact) mass is 246 g/mol. The summed E-state index contributed by atoms with van der Waals surface area (Å²) >= 11 is 0. The number of benzene rings is 2. The molecule has 3 heteroatoms. The molecule has 0 nitrogen and oxygen atoms in total. The third kappa shape index (κ3) is 1.55. The van der Waals surface area contributed by atoms with Crippen LogP contribution in [0.5, 0.6) is 0 Å². The van der Waals surface area contributed by atoms with Gasteiger partial charge in [-0.2, -0.15) is 0 Å². The molecule has 0 amide bonds. The van der Waals surface area contributed by atoms with Crippen molar-refractivity contribution in [1.82, 2.24) is 0 Å². The first-order valence-electron chi connectivity index (χ1n) is 5.61. The zero-order chi connectivity index (χ0) is 12.7. The van der Waals surface area contributed by atoms with Gasteiger partial charge in [0, 0.05) is 0 Å². The third-order valence-corrected chi connectivity index (χ3v) is 3.15. The third-order valence-electron chi connectivity index (χ3n) is 3.15. The van der Waals surface area contributed by atoms with E-state index in [0.29, 0.717) is 12.0 Å². The van der Waals surface area contributed by atoms with Gasteiger partial charge in [0.15, 0.2) is 11.6 Å². The summed E-state index contributed by atoms with van der Waals surface area (Å²) in [5, 5.41) is 0. The number of hydrogen-bond acceptors (Lipinski definition) is 0. The first-order valence-corrected chi connectivity index (χ1v) is 5.61. The molecule has 2 aromatic carbocycles. The van der Waals surface area contributed by atoms with Gasteiger partial charge >= 0.3 is 0 Å². The second-order valence-corrected chi connectivity index (χ2v) is 4.20. The molecule has 0 heterocycles. The summed E-state index contributed by atoms with van der Waals surface area (Å²) in [7, 11) is 0. The minimum Gasteiger partial charge on any atom is -0.206 e. The van der Waals surface area contributed by atoms with Crippen molar-refractivity contribution < 1.29 is 13.2 Å². The fourth-order valence-corrected chi connectivity index (χ4v) is 2.29. The molecule has 1 aliphatic rings. The molecule has 2 aromatic rings. The Morgan fingerprint density at radius 1 is 0.833 bits per heavy atom. The molecule has 18 heavy (non-hydrogen) atoms. The molecule has 0 unspecified atom stereocenters. The Balaban J connectivity index is 2.22. The molecule has 90 valence electrons. The maximum Gasteiger partial charge on any atom is 0.169 e. The number of hydrogen-bond donors (Lipinski definition) is 0. The summed E-state index contributed by atoms with van der Waals surface area (Å²) in [5.74, 6) is -2.90. The molecule has 0 bridgehead atoms. The van der Waals surface area contributed by atoms with Crippen LogP contribution in [0.3, 0.4) is 0 Å². The van der Waals surface area contributed by atoms with Gasteiger partial charge in [-0.3, -0.25) is 0 Å². The summed E-state index contributed by atoms with van der Waals surface area (Å²) in [6.45, 7) is 0. The van der Waals surface area contributed by atoms with E-state index in [1.54, 1.807) is 18.2 Å². The highest BCUT2D eigenvalue weighted by Gasteiger charge is 2.23. The van der Waals surface area contributed by atoms with Crippen LogP contribution in [0.2, 0.25) is 0 Å². The molecule has 3 rings (SSSR count). The van der Waals surface area contributed by atoms with Gasteiger partial charge in [-0.25, -0.2) is 13.2 Å². The maximum absolute atomic E-state index is 13.8. The van der Waals surface area contributed by atoms with Crippen LogP contribution in [0.4, 0.5) is 13.2 Å². The normalized spacial score (nSPS) is 13.4. The van der Waals surface area contributed by atoms with Crippen molar-refractivity contribution in [3.8, 4) is 0 Å². The van der Waals surface area contributed by atoms with E-state index in [1.165, 1.54) is 0 Å². The topological polar surface area (TPSA) is 0 Å². The minimum atomic E-state index is -1.13. The van der Waals surface area contributed by atoms with E-state index in [2.05, 4.69) is 0 Å². The SMILES string of the molecule is Fc1ccc(F)c(C2=CCc3ccccc32)c1F. The Kier molecular flexibility index (Phi) is 2.47. The molecule has 0 saturated carbocycles. The van der Waals surface area contributed by atoms with Crippen LogP contribution in [0.15, 0.2) is 42.5 Å². The minimum absolute atomic E-state index is 0.278. The molecular weight excluding hydrogens is 237 g/mol. The van der Waals surface area contributed by atoms with Crippen molar-refractivity contribution in [2.75, 3.05) is 0 Å². The molecule has 0 fully saturated rings. The summed E-state index contributed by atoms with van der Waals surface area (Å²) in [6.07, 6.45) is 2.34. The van der Waals surface area contributed by atoms with Crippen LogP contribution >= 0.6 is 0 Å². The van der Waals surface area contributed by atoms with Gasteiger partial charge in [0.2, 0.25) is 0 Å². The number of halogens is 3. The molecule has 0 atom stereocenters. The lowest BCUT2D eigenvalue weighted by atomic mass is 9.98. The van der Waals surface area contributed by atoms with E-state index in [4.69, 9.17) is 0 Å². The average Bonchev–Trinajstić information content (AvgIpc) is 2.79. The molecule has 0 spiro atoms. The second-order valence-electron chi connectivity index (χ2n) is 4.20. The van der Waals surface area contributed by atoms with Gasteiger partial charge in [-0.15, -0.1) is 0 Å². The Labute approximate surface area is 102 Å². The highest BCUT2D eigenvalue weighted by Crippen LogP contribution is 2.35. The summed E-state index contributed by atoms with van der Waals surface area (Å²) in [4.78, 5) is 0. The van der Waals surface area contributed by atoms with Crippen molar-refractivity contribution in [2.24, 2.45) is 0 Å². The average molecular weight is 246 g/mol. The summed E-state index contributed by atoms with van der Waals surface area (Å²) in [5.41, 5.74) is 1.91. The van der Waals surface area contributed by atoms with E-state index in [0.717, 1.165) is 23.3 Å². The largest absolute Gasteiger partial charge is 0.206 e. The fourth-order valence-electron chi connectivity index (χ4n) is 2.29. The zero-order valence-electron chi connectivity index (χ0n) is 9.38. The van der Waals surface area contributed by atoms with Crippen molar-refractivity contribution in [3.63, 3.8) is 0 Å². The fraction of sp³-hybridized carbons (Fsp3) is 0.0667. The Morgan fingerprint density at radius 2 is 1.56 bits per heavy atom. The highest BCUT2D eigenvalue weighted by molar-refractivity contribution is 5.85. The lowest BCUT2D eigenvalue weighted by Crippen LogP contribution is -1.98. The van der Waals surface area contributed by atoms with Crippen LogP contribution in [-0.2, 0) is 6.42 Å². The molecule has 0 radical (unpaired) electrons. The van der Waals surface area contributed by atoms with Gasteiger partial charge in [0.05, 0.1) is 5.56 Å². The Bertz CT molecular complexity index is 657. The zero-order valence-corrected chi connectivity index (χ0v) is 9.38. The van der Waals surface area contributed by atoms with Gasteiger partial charge in [0.25, 0.3) is 0 Å². The van der Waals surface area contributed by atoms with E-state index in [1.807, 2.05) is 12.1 Å². The standard InChI is InChI=1S/C15H9F3/c16-12-7-8-13(17)15(18)14(12)11-6-5-9-3-1-2-4-10(9)11/h1-4,6-8H,5H2. The van der Waals surface area contributed by atoms with E-state index >= 15 is 0 Å². The van der Waals surface area contributed by atoms with Gasteiger partial charge in [-0.1, -0.05) is 30.3 Å². The summed E-state index contributed by atoms with van der Waals surface area (Å²) < 4.78 is 40.7. The molecule has 0 saturated heterocycles. The molecule has 0 aromatic heterocycles. The van der Waals surface area contributed by atoms with Gasteiger partial charge in [0.1, 0.15) is 5.82 Å². The van der Waals surface area contributed by atoms with Crippen LogP contribution in [-0.4, -0.2) is 0 Å². The Hall–Kier alpha value is -2.03. The van der Waals surface area contributed by atoms with E-state index < -0.39 is 17.5 Å². The first kappa shape index (κ1) is 11.1. The van der Waals surface area contributed by atoms with Crippen LogP contribution in [0, 0.1) is 17.5 Å². The van der Waals surface area contributed by atoms with Crippen molar-refractivity contribution in [3.05, 3.63) is 76.6 Å².